The van der Waals surface area contributed by atoms with Crippen LogP contribution in [0.3, 0.4) is 0 Å². The van der Waals surface area contributed by atoms with Gasteiger partial charge in [-0.3, -0.25) is 19.1 Å². The fourth-order valence-corrected chi connectivity index (χ4v) is 11.3. The maximum atomic E-state index is 13.0. The zero-order valence-corrected chi connectivity index (χ0v) is 37.6. The fraction of sp³-hybridized carbons (Fsp3) is 0.700. The minimum atomic E-state index is -5.76. The van der Waals surface area contributed by atoms with Crippen LogP contribution in [-0.4, -0.2) is 94.5 Å². The molecule has 0 amide bonds. The molecule has 7 N–H and O–H groups in total. The second-order valence-electron chi connectivity index (χ2n) is 12.9. The van der Waals surface area contributed by atoms with Crippen molar-refractivity contribution in [2.75, 3.05) is 43.2 Å². The van der Waals surface area contributed by atoms with Crippen LogP contribution < -0.4 is 11.3 Å². The van der Waals surface area contributed by atoms with Crippen molar-refractivity contribution in [3.8, 4) is 11.8 Å². The van der Waals surface area contributed by atoms with Crippen molar-refractivity contribution in [3.63, 3.8) is 0 Å². The van der Waals surface area contributed by atoms with Crippen LogP contribution in [0.1, 0.15) is 84.4 Å². The molecule has 3 unspecified atom stereocenters. The molecule has 0 spiro atoms. The fourth-order valence-electron chi connectivity index (χ4n) is 5.21. The number of hydrogen-bond acceptors (Lipinski definition) is 17. The Kier molecular flexibility index (Phi) is 20.4. The summed E-state index contributed by atoms with van der Waals surface area (Å²) in [5, 5.41) is 0.0685. The molecule has 3 rings (SSSR count). The molecule has 3 heterocycles. The number of phosphoric acid groups is 3. The third-order valence-corrected chi connectivity index (χ3v) is 16.5. The number of ether oxygens (including phenoxy) is 4. The number of carbonyl (C=O) groups excluding carboxylic acids is 1. The molecular formula is C30H49N4O16P3S4. The van der Waals surface area contributed by atoms with Crippen LogP contribution in [0.2, 0.25) is 0 Å². The van der Waals surface area contributed by atoms with E-state index in [1.165, 1.54) is 10.8 Å². The van der Waals surface area contributed by atoms with Gasteiger partial charge in [-0.1, -0.05) is 63.2 Å². The summed E-state index contributed by atoms with van der Waals surface area (Å²) in [7, 11) is -13.9. The summed E-state index contributed by atoms with van der Waals surface area (Å²) < 4.78 is 72.3. The first-order chi connectivity index (χ1) is 26.6. The lowest BCUT2D eigenvalue weighted by atomic mass is 10.1. The number of nitrogens with zero attached hydrogens (tertiary/aromatic N) is 2. The number of H-pyrrole nitrogens is 1. The van der Waals surface area contributed by atoms with Gasteiger partial charge in [-0.2, -0.15) is 13.6 Å². The second kappa shape index (κ2) is 23.1. The number of phosphoric ester groups is 1. The Morgan fingerprint density at radius 3 is 2.58 bits per heavy atom. The van der Waals surface area contributed by atoms with Gasteiger partial charge in [0.25, 0.3) is 5.56 Å². The molecule has 0 aliphatic carbocycles. The number of nitrogens with one attached hydrogen (secondary N) is 1. The molecule has 0 saturated carbocycles. The number of fused-ring (bicyclic) bond motifs is 1. The van der Waals surface area contributed by atoms with Crippen molar-refractivity contribution in [2.45, 2.75) is 95.8 Å². The average molecular weight is 943 g/mol. The lowest BCUT2D eigenvalue weighted by molar-refractivity contribution is -0.143. The highest BCUT2D eigenvalue weighted by atomic mass is 33.1. The molecule has 2 aromatic heterocycles. The van der Waals surface area contributed by atoms with Gasteiger partial charge in [0.1, 0.15) is 18.3 Å². The third kappa shape index (κ3) is 18.1. The zero-order chi connectivity index (χ0) is 42.4. The van der Waals surface area contributed by atoms with Crippen molar-refractivity contribution >= 4 is 88.6 Å². The highest BCUT2D eigenvalue weighted by Crippen LogP contribution is 2.66. The van der Waals surface area contributed by atoms with Crippen molar-refractivity contribution in [2.24, 2.45) is 0 Å². The highest BCUT2D eigenvalue weighted by Gasteiger charge is 2.44. The minimum Gasteiger partial charge on any atom is -0.466 e. The first kappa shape index (κ1) is 50.2. The van der Waals surface area contributed by atoms with E-state index in [1.807, 2.05) is 17.7 Å². The Balaban J connectivity index is 1.63. The van der Waals surface area contributed by atoms with E-state index < -0.39 is 69.5 Å². The van der Waals surface area contributed by atoms with E-state index in [0.717, 1.165) is 19.3 Å². The number of anilines is 1. The largest absolute Gasteiger partial charge is 0.490 e. The average Bonchev–Trinajstić information content (AvgIpc) is 3.66. The van der Waals surface area contributed by atoms with E-state index >= 15 is 0 Å². The van der Waals surface area contributed by atoms with Crippen molar-refractivity contribution in [3.05, 3.63) is 22.1 Å². The third-order valence-electron chi connectivity index (χ3n) is 7.64. The number of nitrogen functional groups attached to an aromatic ring is 1. The summed E-state index contributed by atoms with van der Waals surface area (Å²) in [6.07, 6.45) is 2.36. The zero-order valence-electron chi connectivity index (χ0n) is 31.6. The summed E-state index contributed by atoms with van der Waals surface area (Å²) in [5.41, 5.74) is 5.56. The molecule has 20 nitrogen and oxygen atoms in total. The Hall–Kier alpha value is -1.19. The van der Waals surface area contributed by atoms with Gasteiger partial charge in [0.2, 0.25) is 5.95 Å². The first-order valence-electron chi connectivity index (χ1n) is 17.5. The molecule has 2 aromatic rings. The van der Waals surface area contributed by atoms with Crippen LogP contribution in [0.15, 0.2) is 11.0 Å². The van der Waals surface area contributed by atoms with Gasteiger partial charge < -0.3 is 48.8 Å². The first-order valence-corrected chi connectivity index (χ1v) is 26.8. The second-order valence-corrected chi connectivity index (χ2v) is 23.3. The monoisotopic (exact) mass is 942 g/mol. The molecule has 0 bridgehead atoms. The quantitative estimate of drug-likeness (QED) is 0.0195. The lowest BCUT2D eigenvalue weighted by Gasteiger charge is -2.22. The predicted octanol–water partition coefficient (Wildman–Crippen LogP) is 4.77. The van der Waals surface area contributed by atoms with Gasteiger partial charge in [-0.05, 0) is 50.1 Å². The van der Waals surface area contributed by atoms with Crippen LogP contribution >= 0.6 is 45.1 Å². The van der Waals surface area contributed by atoms with E-state index in [0.29, 0.717) is 24.7 Å². The van der Waals surface area contributed by atoms with Gasteiger partial charge in [0.15, 0.2) is 5.65 Å². The molecular weight excluding hydrogens is 894 g/mol. The van der Waals surface area contributed by atoms with Crippen LogP contribution in [-0.2, 0) is 71.2 Å². The number of carbonyl (C=O) groups is 1. The van der Waals surface area contributed by atoms with Gasteiger partial charge >= 0.3 is 29.4 Å². The standard InChI is InChI=1S/C30H49N4O16P3S4/c1-5-13-30(3,4)56-55-19-44-14-9-10-15-45-25(35)12-8-7-11-21-17-34(27-26(21)28(36)33-29(31)32-27)24-16-22(46-20-57(54)6-2)23(48-24)18-47-52(40,41)50-53(42,43)49-51(37,38)39/h17,22-24H,5-6,8-10,12-16,18-20H2,1-4H3,(H,40,41)(H,42,43)(H2,37,38,39)(H3,31,32,33,36)/t22-,23+,24+,57?/m0/s1. The SMILES string of the molecule is CCCC(C)(C)SSCOCCCCOC(=O)CCC#Cc1cn([C@H]2C[C@H](OCS(=S)CC)[C@@H](COP(=O)(O)OP(=O)(O)OP(=O)(O)O)O2)c2nc(N)[nH]c(=O)c12. The number of esters is 1. The van der Waals surface area contributed by atoms with Crippen LogP contribution in [0, 0.1) is 11.8 Å². The van der Waals surface area contributed by atoms with E-state index in [-0.39, 0.29) is 59.1 Å². The summed E-state index contributed by atoms with van der Waals surface area (Å²) in [6.45, 7) is 8.49. The van der Waals surface area contributed by atoms with E-state index in [2.05, 4.69) is 51.2 Å². The number of rotatable bonds is 25. The van der Waals surface area contributed by atoms with Gasteiger partial charge in [-0.25, -0.2) is 13.7 Å². The minimum absolute atomic E-state index is 0.00934. The Morgan fingerprint density at radius 2 is 1.89 bits per heavy atom. The highest BCUT2D eigenvalue weighted by molar-refractivity contribution is 8.77. The van der Waals surface area contributed by atoms with Gasteiger partial charge in [0.05, 0.1) is 42.6 Å². The molecule has 6 atom stereocenters. The maximum Gasteiger partial charge on any atom is 0.490 e. The summed E-state index contributed by atoms with van der Waals surface area (Å²) in [4.78, 5) is 69.1. The normalized spacial score (nSPS) is 20.1. The van der Waals surface area contributed by atoms with Gasteiger partial charge in [0, 0.05) is 30.4 Å². The number of hydrogen-bond donors (Lipinski definition) is 6. The van der Waals surface area contributed by atoms with E-state index in [1.54, 1.807) is 10.8 Å². The Morgan fingerprint density at radius 1 is 1.18 bits per heavy atom. The topological polar surface area (TPSA) is 291 Å². The molecule has 1 fully saturated rings. The smallest absolute Gasteiger partial charge is 0.466 e. The number of nitrogens with two attached hydrogens (primary N) is 1. The molecule has 1 saturated heterocycles. The summed E-state index contributed by atoms with van der Waals surface area (Å²) in [6, 6.07) is 0. The Bertz CT molecular complexity index is 1950. The van der Waals surface area contributed by atoms with Crippen molar-refractivity contribution < 1.29 is 70.2 Å². The van der Waals surface area contributed by atoms with Crippen LogP contribution in [0.25, 0.3) is 11.0 Å². The van der Waals surface area contributed by atoms with Crippen molar-refractivity contribution in [1.29, 1.82) is 0 Å². The van der Waals surface area contributed by atoms with Crippen LogP contribution in [0.4, 0.5) is 5.95 Å². The number of unbranched alkanes of at least 4 members (excludes halogenated alkanes) is 1. The molecule has 57 heavy (non-hydrogen) atoms. The molecule has 0 radical (unpaired) electrons. The molecule has 1 aliphatic rings. The summed E-state index contributed by atoms with van der Waals surface area (Å²) in [5.74, 6) is 6.42. The number of aromatic amines is 1. The molecule has 1 aliphatic heterocycles. The van der Waals surface area contributed by atoms with Crippen LogP contribution in [0.5, 0.6) is 0 Å². The Labute approximate surface area is 344 Å². The van der Waals surface area contributed by atoms with E-state index in [4.69, 9.17) is 50.2 Å². The molecule has 0 aromatic carbocycles. The van der Waals surface area contributed by atoms with E-state index in [9.17, 15) is 33.1 Å². The van der Waals surface area contributed by atoms with Gasteiger partial charge in [-0.15, -0.1) is 0 Å². The summed E-state index contributed by atoms with van der Waals surface area (Å²) >= 11 is 5.36. The molecule has 324 valence electrons. The lowest BCUT2D eigenvalue weighted by Crippen LogP contribution is -2.30. The number of aromatic nitrogens is 3. The predicted molar refractivity (Wildman–Crippen MR) is 219 cm³/mol. The molecule has 27 heteroatoms. The van der Waals surface area contributed by atoms with Crippen molar-refractivity contribution in [1.82, 2.24) is 14.5 Å². The maximum absolute atomic E-state index is 13.0.